The zero-order valence-electron chi connectivity index (χ0n) is 9.30. The van der Waals surface area contributed by atoms with Crippen LogP contribution < -0.4 is 0 Å². The van der Waals surface area contributed by atoms with Crippen LogP contribution in [0.4, 0.5) is 0 Å². The third-order valence-corrected chi connectivity index (χ3v) is 4.16. The average Bonchev–Trinajstić information content (AvgIpc) is 2.18. The van der Waals surface area contributed by atoms with Crippen LogP contribution in [0.15, 0.2) is 0 Å². The Hall–Kier alpha value is -0.330. The van der Waals surface area contributed by atoms with Crippen molar-refractivity contribution in [3.63, 3.8) is 0 Å². The minimum absolute atomic E-state index is 0.527. The first-order valence-corrected chi connectivity index (χ1v) is 6.27. The average molecular weight is 194 g/mol. The third kappa shape index (κ3) is 2.37. The van der Waals surface area contributed by atoms with E-state index in [0.29, 0.717) is 5.78 Å². The molecular weight excluding hydrogens is 172 g/mol. The maximum atomic E-state index is 11.4. The summed E-state index contributed by atoms with van der Waals surface area (Å²) in [4.78, 5) is 11.4. The Labute approximate surface area is 87.3 Å². The van der Waals surface area contributed by atoms with Gasteiger partial charge in [-0.15, -0.1) is 0 Å². The number of rotatable bonds is 1. The summed E-state index contributed by atoms with van der Waals surface area (Å²) < 4.78 is 0. The molecule has 0 spiro atoms. The van der Waals surface area contributed by atoms with E-state index in [1.54, 1.807) is 0 Å². The monoisotopic (exact) mass is 194 g/mol. The molecule has 0 heterocycles. The highest BCUT2D eigenvalue weighted by Gasteiger charge is 2.29. The normalized spacial score (nSPS) is 39.8. The van der Waals surface area contributed by atoms with Gasteiger partial charge in [0.25, 0.3) is 0 Å². The van der Waals surface area contributed by atoms with Gasteiger partial charge in [-0.1, -0.05) is 26.2 Å². The van der Waals surface area contributed by atoms with Crippen molar-refractivity contribution in [1.29, 1.82) is 0 Å². The van der Waals surface area contributed by atoms with E-state index in [1.165, 1.54) is 32.1 Å². The molecule has 0 saturated heterocycles. The Bertz CT molecular complexity index is 209. The summed E-state index contributed by atoms with van der Waals surface area (Å²) in [6, 6.07) is 0. The Balaban J connectivity index is 1.89. The lowest BCUT2D eigenvalue weighted by Gasteiger charge is -2.34. The lowest BCUT2D eigenvalue weighted by Crippen LogP contribution is -2.26. The zero-order chi connectivity index (χ0) is 9.97. The van der Waals surface area contributed by atoms with Gasteiger partial charge in [0.1, 0.15) is 5.78 Å². The highest BCUT2D eigenvalue weighted by molar-refractivity contribution is 5.79. The Morgan fingerprint density at radius 1 is 1.07 bits per heavy atom. The first-order valence-electron chi connectivity index (χ1n) is 6.27. The molecule has 2 aliphatic carbocycles. The second-order valence-electron chi connectivity index (χ2n) is 5.43. The van der Waals surface area contributed by atoms with Crippen molar-refractivity contribution in [2.45, 2.75) is 58.3 Å². The van der Waals surface area contributed by atoms with Gasteiger partial charge in [0.2, 0.25) is 0 Å². The highest BCUT2D eigenvalue weighted by Crippen LogP contribution is 2.39. The summed E-state index contributed by atoms with van der Waals surface area (Å²) in [7, 11) is 0. The summed E-state index contributed by atoms with van der Waals surface area (Å²) in [6.07, 6.45) is 9.83. The van der Waals surface area contributed by atoms with Gasteiger partial charge in [-0.05, 0) is 37.0 Å². The molecule has 0 aromatic rings. The molecule has 1 heteroatoms. The van der Waals surface area contributed by atoms with Gasteiger partial charge in [-0.2, -0.15) is 0 Å². The predicted octanol–water partition coefficient (Wildman–Crippen LogP) is 3.57. The van der Waals surface area contributed by atoms with Gasteiger partial charge in [-0.3, -0.25) is 4.79 Å². The van der Waals surface area contributed by atoms with E-state index in [0.717, 1.165) is 37.0 Å². The minimum atomic E-state index is 0.527. The number of ketones is 1. The molecule has 2 saturated carbocycles. The van der Waals surface area contributed by atoms with Crippen molar-refractivity contribution >= 4 is 5.78 Å². The molecule has 0 amide bonds. The number of hydrogen-bond donors (Lipinski definition) is 0. The lowest BCUT2D eigenvalue weighted by molar-refractivity contribution is -0.122. The van der Waals surface area contributed by atoms with E-state index in [2.05, 4.69) is 6.92 Å². The minimum Gasteiger partial charge on any atom is -0.300 e. The van der Waals surface area contributed by atoms with Crippen molar-refractivity contribution in [3.05, 3.63) is 0 Å². The Morgan fingerprint density at radius 2 is 1.86 bits per heavy atom. The fourth-order valence-corrected chi connectivity index (χ4v) is 3.37. The molecule has 0 radical (unpaired) electrons. The van der Waals surface area contributed by atoms with Gasteiger partial charge in [0.05, 0.1) is 0 Å². The number of carbonyl (C=O) groups excluding carboxylic acids is 1. The quantitative estimate of drug-likeness (QED) is 0.623. The van der Waals surface area contributed by atoms with Crippen LogP contribution >= 0.6 is 0 Å². The van der Waals surface area contributed by atoms with Crippen LogP contribution in [-0.4, -0.2) is 5.78 Å². The van der Waals surface area contributed by atoms with Gasteiger partial charge in [-0.25, -0.2) is 0 Å². The molecule has 0 bridgehead atoms. The van der Waals surface area contributed by atoms with Gasteiger partial charge in [0, 0.05) is 12.8 Å². The standard InChI is InChI=1S/C13H22O/c1-10-4-2-5-11(8-10)12-6-3-7-13(14)9-12/h10-12H,2-9H2,1H3. The van der Waals surface area contributed by atoms with Crippen molar-refractivity contribution in [1.82, 2.24) is 0 Å². The van der Waals surface area contributed by atoms with E-state index in [4.69, 9.17) is 0 Å². The van der Waals surface area contributed by atoms with Crippen LogP contribution in [-0.2, 0) is 4.79 Å². The molecule has 0 aromatic heterocycles. The maximum absolute atomic E-state index is 11.4. The smallest absolute Gasteiger partial charge is 0.133 e. The fraction of sp³-hybridized carbons (Fsp3) is 0.923. The zero-order valence-corrected chi connectivity index (χ0v) is 9.30. The third-order valence-electron chi connectivity index (χ3n) is 4.16. The molecule has 2 rings (SSSR count). The van der Waals surface area contributed by atoms with Crippen LogP contribution in [0, 0.1) is 17.8 Å². The molecule has 0 aromatic carbocycles. The SMILES string of the molecule is CC1CCCC(C2CCCC(=O)C2)C1. The van der Waals surface area contributed by atoms with E-state index in [9.17, 15) is 4.79 Å². The largest absolute Gasteiger partial charge is 0.300 e. The molecule has 2 aliphatic rings. The summed E-state index contributed by atoms with van der Waals surface area (Å²) in [6.45, 7) is 2.37. The van der Waals surface area contributed by atoms with E-state index >= 15 is 0 Å². The summed E-state index contributed by atoms with van der Waals surface area (Å²) in [5, 5.41) is 0. The van der Waals surface area contributed by atoms with Crippen molar-refractivity contribution in [2.75, 3.05) is 0 Å². The highest BCUT2D eigenvalue weighted by atomic mass is 16.1. The molecule has 3 atom stereocenters. The molecule has 0 N–H and O–H groups in total. The number of carbonyl (C=O) groups is 1. The number of hydrogen-bond acceptors (Lipinski definition) is 1. The molecule has 0 aliphatic heterocycles. The van der Waals surface area contributed by atoms with Crippen LogP contribution in [0.5, 0.6) is 0 Å². The van der Waals surface area contributed by atoms with E-state index in [-0.39, 0.29) is 0 Å². The predicted molar refractivity (Wildman–Crippen MR) is 58.1 cm³/mol. The maximum Gasteiger partial charge on any atom is 0.133 e. The summed E-state index contributed by atoms with van der Waals surface area (Å²) in [5.74, 6) is 3.06. The van der Waals surface area contributed by atoms with E-state index in [1.807, 2.05) is 0 Å². The van der Waals surface area contributed by atoms with Crippen molar-refractivity contribution < 1.29 is 4.79 Å². The van der Waals surface area contributed by atoms with Crippen molar-refractivity contribution in [2.24, 2.45) is 17.8 Å². The summed E-state index contributed by atoms with van der Waals surface area (Å²) >= 11 is 0. The second-order valence-corrected chi connectivity index (χ2v) is 5.43. The first-order chi connectivity index (χ1) is 6.75. The molecule has 2 fully saturated rings. The summed E-state index contributed by atoms with van der Waals surface area (Å²) in [5.41, 5.74) is 0. The Morgan fingerprint density at radius 3 is 2.57 bits per heavy atom. The van der Waals surface area contributed by atoms with Crippen LogP contribution in [0.25, 0.3) is 0 Å². The van der Waals surface area contributed by atoms with Gasteiger partial charge >= 0.3 is 0 Å². The Kier molecular flexibility index (Phi) is 3.25. The fourth-order valence-electron chi connectivity index (χ4n) is 3.37. The van der Waals surface area contributed by atoms with Crippen LogP contribution in [0.3, 0.4) is 0 Å². The molecule has 1 nitrogen and oxygen atoms in total. The van der Waals surface area contributed by atoms with Crippen molar-refractivity contribution in [3.8, 4) is 0 Å². The molecule has 3 unspecified atom stereocenters. The van der Waals surface area contributed by atoms with Gasteiger partial charge in [0.15, 0.2) is 0 Å². The lowest BCUT2D eigenvalue weighted by atomic mass is 9.70. The molecular formula is C13H22O. The second kappa shape index (κ2) is 4.46. The van der Waals surface area contributed by atoms with E-state index < -0.39 is 0 Å². The number of Topliss-reactive ketones (excluding diaryl/α,β-unsaturated/α-hetero) is 1. The topological polar surface area (TPSA) is 17.1 Å². The molecule has 14 heavy (non-hydrogen) atoms. The van der Waals surface area contributed by atoms with Crippen LogP contribution in [0.2, 0.25) is 0 Å². The molecule has 80 valence electrons. The van der Waals surface area contributed by atoms with Gasteiger partial charge < -0.3 is 0 Å². The van der Waals surface area contributed by atoms with Crippen LogP contribution in [0.1, 0.15) is 58.3 Å². The first kappa shape index (κ1) is 10.2.